The fraction of sp³-hybridized carbons (Fsp3) is 0. The monoisotopic (exact) mass is 632 g/mol. The highest BCUT2D eigenvalue weighted by atomic mass is 14.7. The lowest BCUT2D eigenvalue weighted by Gasteiger charge is -2.19. The van der Waals surface area contributed by atoms with E-state index in [1.54, 1.807) is 0 Å². The fourth-order valence-corrected chi connectivity index (χ4v) is 8.07. The minimum Gasteiger partial charge on any atom is -0.246 e. The predicted molar refractivity (Wildman–Crippen MR) is 212 cm³/mol. The molecule has 2 heteroatoms. The van der Waals surface area contributed by atoms with Gasteiger partial charge in [-0.1, -0.05) is 164 Å². The Balaban J connectivity index is 1.35. The summed E-state index contributed by atoms with van der Waals surface area (Å²) in [4.78, 5) is 9.19. The zero-order chi connectivity index (χ0) is 33.2. The Morgan fingerprint density at radius 2 is 0.820 bits per heavy atom. The van der Waals surface area contributed by atoms with E-state index in [1.165, 1.54) is 65.0 Å². The Morgan fingerprint density at radius 3 is 1.42 bits per heavy atom. The van der Waals surface area contributed by atoms with Crippen molar-refractivity contribution in [3.63, 3.8) is 0 Å². The van der Waals surface area contributed by atoms with Crippen LogP contribution in [0.4, 0.5) is 5.69 Å². The first kappa shape index (κ1) is 28.2. The van der Waals surface area contributed by atoms with E-state index in [9.17, 15) is 0 Å². The van der Waals surface area contributed by atoms with E-state index in [-0.39, 0.29) is 0 Å². The van der Waals surface area contributed by atoms with Gasteiger partial charge in [0.1, 0.15) is 0 Å². The maximum absolute atomic E-state index is 7.47. The Bertz CT molecular complexity index is 2970. The molecule has 0 radical (unpaired) electrons. The van der Waals surface area contributed by atoms with E-state index in [0.717, 1.165) is 33.3 Å². The summed E-state index contributed by atoms with van der Waals surface area (Å²) in [5, 5.41) is 13.1. The molecule has 0 saturated carbocycles. The van der Waals surface area contributed by atoms with Crippen molar-refractivity contribution < 1.29 is 0 Å². The number of rotatable bonds is 3. The number of hydrogen-bond donors (Lipinski definition) is 0. The van der Waals surface area contributed by atoms with Gasteiger partial charge in [0.2, 0.25) is 0 Å². The molecule has 10 aromatic rings. The molecule has 0 spiro atoms. The van der Waals surface area contributed by atoms with Crippen LogP contribution in [0, 0.1) is 6.57 Å². The van der Waals surface area contributed by atoms with Crippen LogP contribution in [0.25, 0.3) is 103 Å². The van der Waals surface area contributed by atoms with Gasteiger partial charge >= 0.3 is 0 Å². The number of aromatic nitrogens is 1. The first-order valence-corrected chi connectivity index (χ1v) is 16.9. The average molecular weight is 633 g/mol. The minimum absolute atomic E-state index is 0.645. The highest BCUT2D eigenvalue weighted by Crippen LogP contribution is 2.46. The van der Waals surface area contributed by atoms with Crippen molar-refractivity contribution in [2.24, 2.45) is 0 Å². The zero-order valence-electron chi connectivity index (χ0n) is 27.1. The van der Waals surface area contributed by atoms with Gasteiger partial charge < -0.3 is 0 Å². The van der Waals surface area contributed by atoms with Crippen molar-refractivity contribution in [3.8, 4) is 33.5 Å². The maximum Gasteiger partial charge on any atom is 0.187 e. The molecule has 2 nitrogen and oxygen atoms in total. The van der Waals surface area contributed by atoms with E-state index in [2.05, 4.69) is 163 Å². The molecule has 0 amide bonds. The Labute approximate surface area is 289 Å². The molecular formula is C48H28N2. The number of pyridine rings is 1. The number of benzene rings is 9. The number of fused-ring (bicyclic) bond motifs is 10. The third-order valence-corrected chi connectivity index (χ3v) is 10.2. The molecular weight excluding hydrogens is 605 g/mol. The molecule has 0 N–H and O–H groups in total. The van der Waals surface area contributed by atoms with Crippen LogP contribution >= 0.6 is 0 Å². The van der Waals surface area contributed by atoms with Crippen molar-refractivity contribution in [2.75, 3.05) is 0 Å². The van der Waals surface area contributed by atoms with Gasteiger partial charge in [0, 0.05) is 21.7 Å². The molecule has 0 atom stereocenters. The summed E-state index contributed by atoms with van der Waals surface area (Å²) in [6.07, 6.45) is 0. The standard InChI is InChI=1S/C48H28N2/c1-49-33-26-23-30(24-27-33)44-37-18-8-10-20-39(37)45(40-21-11-9-19-38(40)44)32-25-28-41-43(29-32)47(31-13-3-2-4-14-31)50-48-42-22-12-6-16-35(42)34-15-5-7-17-36(34)46(41)48/h2-29H. The molecule has 1 aromatic heterocycles. The third kappa shape index (κ3) is 4.18. The fourth-order valence-electron chi connectivity index (χ4n) is 8.07. The highest BCUT2D eigenvalue weighted by molar-refractivity contribution is 6.32. The summed E-state index contributed by atoms with van der Waals surface area (Å²) in [6.45, 7) is 7.47. The van der Waals surface area contributed by atoms with Crippen LogP contribution in [0.2, 0.25) is 0 Å². The first-order chi connectivity index (χ1) is 24.8. The summed E-state index contributed by atoms with van der Waals surface area (Å²) in [6, 6.07) is 60.4. The van der Waals surface area contributed by atoms with E-state index in [4.69, 9.17) is 11.6 Å². The molecule has 230 valence electrons. The molecule has 9 aromatic carbocycles. The largest absolute Gasteiger partial charge is 0.246 e. The van der Waals surface area contributed by atoms with Gasteiger partial charge in [-0.3, -0.25) is 0 Å². The Kier molecular flexibility index (Phi) is 6.28. The topological polar surface area (TPSA) is 17.2 Å². The molecule has 10 rings (SSSR count). The summed E-state index contributed by atoms with van der Waals surface area (Å²) >= 11 is 0. The van der Waals surface area contributed by atoms with Crippen molar-refractivity contribution in [2.45, 2.75) is 0 Å². The molecule has 50 heavy (non-hydrogen) atoms. The van der Waals surface area contributed by atoms with Crippen LogP contribution in [-0.4, -0.2) is 4.98 Å². The van der Waals surface area contributed by atoms with E-state index >= 15 is 0 Å². The molecule has 0 aliphatic heterocycles. The number of hydrogen-bond acceptors (Lipinski definition) is 1. The summed E-state index contributed by atoms with van der Waals surface area (Å²) in [5.41, 5.74) is 8.42. The summed E-state index contributed by atoms with van der Waals surface area (Å²) < 4.78 is 0. The van der Waals surface area contributed by atoms with Gasteiger partial charge in [0.25, 0.3) is 0 Å². The third-order valence-electron chi connectivity index (χ3n) is 10.2. The van der Waals surface area contributed by atoms with E-state index in [1.807, 2.05) is 12.1 Å². The SMILES string of the molecule is [C-]#[N+]c1ccc(-c2c3ccccc3c(-c3ccc4c(c3)c(-c3ccccc3)nc3c5ccccc5c5ccccc5c43)c3ccccc23)cc1. The van der Waals surface area contributed by atoms with Crippen LogP contribution in [0.15, 0.2) is 170 Å². The van der Waals surface area contributed by atoms with Crippen LogP contribution in [0.5, 0.6) is 0 Å². The molecule has 0 saturated heterocycles. The highest BCUT2D eigenvalue weighted by Gasteiger charge is 2.20. The van der Waals surface area contributed by atoms with Crippen molar-refractivity contribution in [1.82, 2.24) is 4.98 Å². The van der Waals surface area contributed by atoms with Crippen LogP contribution in [-0.2, 0) is 0 Å². The van der Waals surface area contributed by atoms with Gasteiger partial charge in [0.05, 0.1) is 17.8 Å². The molecule has 0 fully saturated rings. The molecule has 0 unspecified atom stereocenters. The first-order valence-electron chi connectivity index (χ1n) is 16.9. The summed E-state index contributed by atoms with van der Waals surface area (Å²) in [7, 11) is 0. The van der Waals surface area contributed by atoms with Gasteiger partial charge in [0.15, 0.2) is 5.69 Å². The van der Waals surface area contributed by atoms with E-state index < -0.39 is 0 Å². The average Bonchev–Trinajstić information content (AvgIpc) is 3.19. The Morgan fingerprint density at radius 1 is 0.360 bits per heavy atom. The second-order valence-electron chi connectivity index (χ2n) is 12.9. The molecule has 0 bridgehead atoms. The maximum atomic E-state index is 7.47. The lowest BCUT2D eigenvalue weighted by atomic mass is 9.85. The van der Waals surface area contributed by atoms with Gasteiger partial charge in [-0.2, -0.15) is 0 Å². The van der Waals surface area contributed by atoms with E-state index in [0.29, 0.717) is 5.69 Å². The normalized spacial score (nSPS) is 11.6. The lowest BCUT2D eigenvalue weighted by molar-refractivity contribution is 1.44. The van der Waals surface area contributed by atoms with Crippen molar-refractivity contribution in [3.05, 3.63) is 181 Å². The van der Waals surface area contributed by atoms with Gasteiger partial charge in [-0.25, -0.2) is 9.83 Å². The van der Waals surface area contributed by atoms with Crippen LogP contribution in [0.1, 0.15) is 0 Å². The summed E-state index contributed by atoms with van der Waals surface area (Å²) in [5.74, 6) is 0. The molecule has 1 heterocycles. The quantitative estimate of drug-likeness (QED) is 0.108. The zero-order valence-corrected chi connectivity index (χ0v) is 27.1. The molecule has 0 aliphatic carbocycles. The van der Waals surface area contributed by atoms with Crippen molar-refractivity contribution in [1.29, 1.82) is 0 Å². The minimum atomic E-state index is 0.645. The number of nitrogens with zero attached hydrogens (tertiary/aromatic N) is 2. The molecule has 0 aliphatic rings. The smallest absolute Gasteiger partial charge is 0.187 e. The van der Waals surface area contributed by atoms with Gasteiger partial charge in [-0.15, -0.1) is 0 Å². The van der Waals surface area contributed by atoms with Crippen LogP contribution in [0.3, 0.4) is 0 Å². The predicted octanol–water partition coefficient (Wildman–Crippen LogP) is 13.6. The Hall–Kier alpha value is -6.82. The lowest BCUT2D eigenvalue weighted by Crippen LogP contribution is -1.94. The van der Waals surface area contributed by atoms with Crippen LogP contribution < -0.4 is 0 Å². The van der Waals surface area contributed by atoms with Gasteiger partial charge in [-0.05, 0) is 71.4 Å². The second kappa shape index (κ2) is 11.1. The second-order valence-corrected chi connectivity index (χ2v) is 12.9. The van der Waals surface area contributed by atoms with Crippen molar-refractivity contribution >= 4 is 70.5 Å².